The normalized spacial score (nSPS) is 17.2. The van der Waals surface area contributed by atoms with Crippen molar-refractivity contribution in [2.45, 2.75) is 6.92 Å². The molecule has 2 amide bonds. The van der Waals surface area contributed by atoms with Crippen LogP contribution >= 0.6 is 11.3 Å². The third kappa shape index (κ3) is 3.43. The summed E-state index contributed by atoms with van der Waals surface area (Å²) in [4.78, 5) is 28.7. The van der Waals surface area contributed by atoms with Crippen molar-refractivity contribution >= 4 is 34.5 Å². The molecule has 0 saturated heterocycles. The van der Waals surface area contributed by atoms with Crippen LogP contribution in [0.1, 0.15) is 17.3 Å². The predicted molar refractivity (Wildman–Crippen MR) is 97.9 cm³/mol. The van der Waals surface area contributed by atoms with Gasteiger partial charge in [-0.1, -0.05) is 19.1 Å². The fraction of sp³-hybridized carbons (Fsp3) is 0.333. The maximum absolute atomic E-state index is 12.7. The molecule has 6 heteroatoms. The molecule has 0 radical (unpaired) electrons. The van der Waals surface area contributed by atoms with E-state index in [2.05, 4.69) is 17.1 Å². The van der Waals surface area contributed by atoms with E-state index in [9.17, 15) is 9.59 Å². The van der Waals surface area contributed by atoms with E-state index in [0.717, 1.165) is 17.9 Å². The van der Waals surface area contributed by atoms with Gasteiger partial charge in [0.05, 0.1) is 17.9 Å². The number of hydrogen-bond acceptors (Lipinski definition) is 4. The van der Waals surface area contributed by atoms with Crippen molar-refractivity contribution in [1.82, 2.24) is 5.32 Å². The summed E-state index contributed by atoms with van der Waals surface area (Å²) in [6, 6.07) is 9.65. The summed E-state index contributed by atoms with van der Waals surface area (Å²) < 4.78 is 0. The number of amides is 2. The maximum Gasteiger partial charge on any atom is 0.252 e. The number of carbonyl (C=O) groups is 2. The standard InChI is InChI=1S/C18H21N3O2S/c1-13-10-20(2)15-5-3-4-6-16(15)21(11-13)17(22)9-19-18(23)14-7-8-24-12-14/h3-8,12-13H,9-11H2,1-2H3,(H,19,23)/t13-/m1/s1. The van der Waals surface area contributed by atoms with Crippen molar-refractivity contribution in [3.63, 3.8) is 0 Å². The Labute approximate surface area is 145 Å². The van der Waals surface area contributed by atoms with Crippen LogP contribution in [0.2, 0.25) is 0 Å². The number of nitrogens with one attached hydrogen (secondary N) is 1. The van der Waals surface area contributed by atoms with Gasteiger partial charge in [0.2, 0.25) is 5.91 Å². The lowest BCUT2D eigenvalue weighted by atomic mass is 10.1. The van der Waals surface area contributed by atoms with Gasteiger partial charge in [-0.15, -0.1) is 0 Å². The predicted octanol–water partition coefficient (Wildman–Crippen LogP) is 2.60. The number of benzene rings is 1. The zero-order chi connectivity index (χ0) is 17.1. The summed E-state index contributed by atoms with van der Waals surface area (Å²) in [5, 5.41) is 6.34. The molecule has 0 fully saturated rings. The molecule has 1 N–H and O–H groups in total. The van der Waals surface area contributed by atoms with Crippen molar-refractivity contribution in [2.75, 3.05) is 36.5 Å². The molecule has 2 aromatic rings. The minimum absolute atomic E-state index is 0.000547. The minimum Gasteiger partial charge on any atom is -0.373 e. The molecular weight excluding hydrogens is 322 g/mol. The van der Waals surface area contributed by atoms with Gasteiger partial charge < -0.3 is 15.1 Å². The lowest BCUT2D eigenvalue weighted by molar-refractivity contribution is -0.117. The maximum atomic E-state index is 12.7. The third-order valence-electron chi connectivity index (χ3n) is 4.15. The van der Waals surface area contributed by atoms with Crippen LogP contribution in [-0.2, 0) is 4.79 Å². The summed E-state index contributed by atoms with van der Waals surface area (Å²) >= 11 is 1.46. The quantitative estimate of drug-likeness (QED) is 0.932. The highest BCUT2D eigenvalue weighted by Gasteiger charge is 2.26. The molecule has 5 nitrogen and oxygen atoms in total. The van der Waals surface area contributed by atoms with E-state index in [1.54, 1.807) is 16.3 Å². The average molecular weight is 343 g/mol. The summed E-state index contributed by atoms with van der Waals surface area (Å²) in [6.07, 6.45) is 0. The lowest BCUT2D eigenvalue weighted by Gasteiger charge is -2.24. The Hall–Kier alpha value is -2.34. The topological polar surface area (TPSA) is 52.6 Å². The molecule has 0 unspecified atom stereocenters. The SMILES string of the molecule is C[C@@H]1CN(C)c2ccccc2N(C(=O)CNC(=O)c2ccsc2)C1. The zero-order valence-corrected chi connectivity index (χ0v) is 14.7. The van der Waals surface area contributed by atoms with E-state index in [-0.39, 0.29) is 18.4 Å². The second kappa shape index (κ2) is 7.05. The number of thiophene rings is 1. The first kappa shape index (κ1) is 16.5. The van der Waals surface area contributed by atoms with Crippen LogP contribution in [0.5, 0.6) is 0 Å². The highest BCUT2D eigenvalue weighted by Crippen LogP contribution is 2.32. The van der Waals surface area contributed by atoms with Crippen LogP contribution in [0, 0.1) is 5.92 Å². The van der Waals surface area contributed by atoms with Crippen LogP contribution in [0.15, 0.2) is 41.1 Å². The van der Waals surface area contributed by atoms with Crippen molar-refractivity contribution < 1.29 is 9.59 Å². The van der Waals surface area contributed by atoms with E-state index in [1.807, 2.05) is 36.7 Å². The van der Waals surface area contributed by atoms with Crippen molar-refractivity contribution in [3.05, 3.63) is 46.7 Å². The Morgan fingerprint density at radius 1 is 1.21 bits per heavy atom. The Morgan fingerprint density at radius 3 is 2.67 bits per heavy atom. The molecule has 0 saturated carbocycles. The minimum atomic E-state index is -0.210. The van der Waals surface area contributed by atoms with Gasteiger partial charge in [0.15, 0.2) is 0 Å². The molecule has 126 valence electrons. The Bertz CT molecular complexity index is 730. The van der Waals surface area contributed by atoms with Gasteiger partial charge in [0.1, 0.15) is 0 Å². The molecule has 3 rings (SSSR count). The monoisotopic (exact) mass is 343 g/mol. The molecule has 1 aromatic heterocycles. The van der Waals surface area contributed by atoms with Gasteiger partial charge in [0, 0.05) is 31.1 Å². The second-order valence-corrected chi connectivity index (χ2v) is 6.95. The highest BCUT2D eigenvalue weighted by atomic mass is 32.1. The Balaban J connectivity index is 1.75. The molecule has 1 aromatic carbocycles. The molecule has 0 bridgehead atoms. The first-order chi connectivity index (χ1) is 11.6. The first-order valence-corrected chi connectivity index (χ1v) is 8.91. The summed E-state index contributed by atoms with van der Waals surface area (Å²) in [5.41, 5.74) is 2.54. The van der Waals surface area contributed by atoms with Crippen LogP contribution in [0.4, 0.5) is 11.4 Å². The first-order valence-electron chi connectivity index (χ1n) is 7.97. The third-order valence-corrected chi connectivity index (χ3v) is 4.83. The van der Waals surface area contributed by atoms with Crippen molar-refractivity contribution in [1.29, 1.82) is 0 Å². The summed E-state index contributed by atoms with van der Waals surface area (Å²) in [5.74, 6) is 0.0463. The molecule has 0 spiro atoms. The molecule has 24 heavy (non-hydrogen) atoms. The van der Waals surface area contributed by atoms with E-state index < -0.39 is 0 Å². The average Bonchev–Trinajstić information content (AvgIpc) is 3.08. The highest BCUT2D eigenvalue weighted by molar-refractivity contribution is 7.08. The van der Waals surface area contributed by atoms with Gasteiger partial charge in [0.25, 0.3) is 5.91 Å². The smallest absolute Gasteiger partial charge is 0.252 e. The molecule has 1 aliphatic heterocycles. The van der Waals surface area contributed by atoms with Crippen LogP contribution < -0.4 is 15.1 Å². The van der Waals surface area contributed by atoms with Gasteiger partial charge in [-0.25, -0.2) is 0 Å². The number of hydrogen-bond donors (Lipinski definition) is 1. The number of rotatable bonds is 3. The van der Waals surface area contributed by atoms with Crippen LogP contribution in [0.25, 0.3) is 0 Å². The van der Waals surface area contributed by atoms with Gasteiger partial charge >= 0.3 is 0 Å². The van der Waals surface area contributed by atoms with Gasteiger partial charge in [-0.3, -0.25) is 9.59 Å². The van der Waals surface area contributed by atoms with Crippen LogP contribution in [0.3, 0.4) is 0 Å². The van der Waals surface area contributed by atoms with Crippen molar-refractivity contribution in [3.8, 4) is 0 Å². The van der Waals surface area contributed by atoms with E-state index in [0.29, 0.717) is 18.0 Å². The van der Waals surface area contributed by atoms with Gasteiger partial charge in [-0.05, 0) is 29.5 Å². The Morgan fingerprint density at radius 2 is 1.96 bits per heavy atom. The van der Waals surface area contributed by atoms with E-state index in [4.69, 9.17) is 0 Å². The number of para-hydroxylation sites is 2. The zero-order valence-electron chi connectivity index (χ0n) is 13.9. The number of nitrogens with zero attached hydrogens (tertiary/aromatic N) is 2. The fourth-order valence-corrected chi connectivity index (χ4v) is 3.67. The van der Waals surface area contributed by atoms with E-state index >= 15 is 0 Å². The lowest BCUT2D eigenvalue weighted by Crippen LogP contribution is -2.42. The Kier molecular flexibility index (Phi) is 4.85. The molecule has 1 atom stereocenters. The van der Waals surface area contributed by atoms with Crippen LogP contribution in [-0.4, -0.2) is 38.5 Å². The van der Waals surface area contributed by atoms with Gasteiger partial charge in [-0.2, -0.15) is 11.3 Å². The van der Waals surface area contributed by atoms with Crippen molar-refractivity contribution in [2.24, 2.45) is 5.92 Å². The fourth-order valence-electron chi connectivity index (χ4n) is 3.03. The summed E-state index contributed by atoms with van der Waals surface area (Å²) in [6.45, 7) is 3.67. The summed E-state index contributed by atoms with van der Waals surface area (Å²) in [7, 11) is 2.04. The van der Waals surface area contributed by atoms with E-state index in [1.165, 1.54) is 11.3 Å². The largest absolute Gasteiger partial charge is 0.373 e. The number of carbonyl (C=O) groups excluding carboxylic acids is 2. The molecule has 2 heterocycles. The molecule has 1 aliphatic rings. The number of fused-ring (bicyclic) bond motifs is 1. The molecular formula is C18H21N3O2S. The molecule has 0 aliphatic carbocycles. The second-order valence-electron chi connectivity index (χ2n) is 6.17. The number of anilines is 2.